The predicted octanol–water partition coefficient (Wildman–Crippen LogP) is 3.84. The maximum atomic E-state index is 13.1. The van der Waals surface area contributed by atoms with Gasteiger partial charge in [0.05, 0.1) is 5.56 Å². The minimum Gasteiger partial charge on any atom is -0.461 e. The lowest BCUT2D eigenvalue weighted by Crippen LogP contribution is -2.39. The van der Waals surface area contributed by atoms with Crippen LogP contribution in [0.15, 0.2) is 33.1 Å². The maximum Gasteiger partial charge on any atom is 0.258 e. The number of hydrogen-bond acceptors (Lipinski definition) is 5. The molecular weight excluding hydrogens is 330 g/mol. The number of carbonyl (C=O) groups is 1. The highest BCUT2D eigenvalue weighted by Gasteiger charge is 2.58. The van der Waals surface area contributed by atoms with Crippen molar-refractivity contribution in [1.29, 1.82) is 0 Å². The van der Waals surface area contributed by atoms with Crippen LogP contribution in [-0.4, -0.2) is 34.1 Å². The molecule has 0 N–H and O–H groups in total. The van der Waals surface area contributed by atoms with Crippen molar-refractivity contribution in [2.24, 2.45) is 5.41 Å². The Morgan fingerprint density at radius 2 is 1.92 bits per heavy atom. The van der Waals surface area contributed by atoms with Crippen LogP contribution in [0.3, 0.4) is 0 Å². The number of aryl methyl sites for hydroxylation is 2. The molecule has 1 saturated carbocycles. The molecule has 2 aromatic heterocycles. The second kappa shape index (κ2) is 5.43. The van der Waals surface area contributed by atoms with Crippen LogP contribution in [0.25, 0.3) is 11.0 Å². The molecule has 26 heavy (non-hydrogen) atoms. The Kier molecular flexibility index (Phi) is 3.26. The molecule has 0 bridgehead atoms. The molecule has 1 unspecified atom stereocenters. The van der Waals surface area contributed by atoms with Gasteiger partial charge in [-0.05, 0) is 37.7 Å². The smallest absolute Gasteiger partial charge is 0.258 e. The fourth-order valence-corrected chi connectivity index (χ4v) is 4.45. The highest BCUT2D eigenvalue weighted by Crippen LogP contribution is 2.64. The van der Waals surface area contributed by atoms with Crippen molar-refractivity contribution < 1.29 is 13.6 Å². The molecule has 134 valence electrons. The van der Waals surface area contributed by atoms with Gasteiger partial charge in [-0.3, -0.25) is 4.79 Å². The maximum absolute atomic E-state index is 13.1. The van der Waals surface area contributed by atoms with Gasteiger partial charge >= 0.3 is 0 Å². The first-order valence-corrected chi connectivity index (χ1v) is 9.15. The zero-order chi connectivity index (χ0) is 17.9. The zero-order valence-corrected chi connectivity index (χ0v) is 15.0. The molecule has 5 rings (SSSR count). The van der Waals surface area contributed by atoms with Gasteiger partial charge in [-0.2, -0.15) is 0 Å². The van der Waals surface area contributed by atoms with Crippen molar-refractivity contribution in [3.8, 4) is 0 Å². The number of rotatable bonds is 2. The second-order valence-corrected chi connectivity index (χ2v) is 7.60. The SMILES string of the molecule is Cc1nnc(C2CC23CCN(C(=O)c2c(C)oc4ccccc24)CC3)o1. The van der Waals surface area contributed by atoms with Crippen molar-refractivity contribution in [2.45, 2.75) is 39.0 Å². The molecule has 6 nitrogen and oxygen atoms in total. The van der Waals surface area contributed by atoms with Crippen LogP contribution in [0.5, 0.6) is 0 Å². The van der Waals surface area contributed by atoms with E-state index >= 15 is 0 Å². The predicted molar refractivity (Wildman–Crippen MR) is 94.9 cm³/mol. The number of hydrogen-bond donors (Lipinski definition) is 0. The lowest BCUT2D eigenvalue weighted by molar-refractivity contribution is 0.0673. The van der Waals surface area contributed by atoms with E-state index in [9.17, 15) is 4.79 Å². The Hall–Kier alpha value is -2.63. The number of fused-ring (bicyclic) bond motifs is 1. The Balaban J connectivity index is 1.33. The minimum atomic E-state index is 0.0770. The molecule has 0 radical (unpaired) electrons. The third-order valence-corrected chi connectivity index (χ3v) is 6.06. The third-order valence-electron chi connectivity index (χ3n) is 6.06. The molecular formula is C20H21N3O3. The Bertz CT molecular complexity index is 995. The molecule has 1 amide bonds. The molecule has 3 heterocycles. The van der Waals surface area contributed by atoms with Gasteiger partial charge in [0.1, 0.15) is 11.3 Å². The van der Waals surface area contributed by atoms with E-state index in [-0.39, 0.29) is 11.3 Å². The van der Waals surface area contributed by atoms with E-state index in [0.29, 0.717) is 23.1 Å². The highest BCUT2D eigenvalue weighted by atomic mass is 16.4. The van der Waals surface area contributed by atoms with Gasteiger partial charge in [0.15, 0.2) is 0 Å². The number of carbonyl (C=O) groups excluding carboxylic acids is 1. The van der Waals surface area contributed by atoms with Gasteiger partial charge in [0.2, 0.25) is 11.8 Å². The molecule has 2 aliphatic rings. The minimum absolute atomic E-state index is 0.0770. The molecule has 1 aliphatic carbocycles. The summed E-state index contributed by atoms with van der Waals surface area (Å²) in [7, 11) is 0. The fourth-order valence-electron chi connectivity index (χ4n) is 4.45. The largest absolute Gasteiger partial charge is 0.461 e. The van der Waals surface area contributed by atoms with Crippen molar-refractivity contribution >= 4 is 16.9 Å². The van der Waals surface area contributed by atoms with E-state index in [1.165, 1.54) is 0 Å². The van der Waals surface area contributed by atoms with Crippen LogP contribution in [-0.2, 0) is 0 Å². The Morgan fingerprint density at radius 1 is 1.15 bits per heavy atom. The summed E-state index contributed by atoms with van der Waals surface area (Å²) >= 11 is 0. The summed E-state index contributed by atoms with van der Waals surface area (Å²) in [5.74, 6) is 2.52. The van der Waals surface area contributed by atoms with Crippen LogP contribution in [0.2, 0.25) is 0 Å². The molecule has 1 spiro atoms. The summed E-state index contributed by atoms with van der Waals surface area (Å²) in [6.07, 6.45) is 3.06. The lowest BCUT2D eigenvalue weighted by atomic mass is 9.90. The topological polar surface area (TPSA) is 72.4 Å². The van der Waals surface area contributed by atoms with Crippen molar-refractivity contribution in [3.05, 3.63) is 47.4 Å². The van der Waals surface area contributed by atoms with Gasteiger partial charge in [-0.1, -0.05) is 18.2 Å². The van der Waals surface area contributed by atoms with Gasteiger partial charge in [0.25, 0.3) is 5.91 Å². The van der Waals surface area contributed by atoms with E-state index < -0.39 is 0 Å². The normalized spacial score (nSPS) is 21.5. The van der Waals surface area contributed by atoms with Gasteiger partial charge < -0.3 is 13.7 Å². The van der Waals surface area contributed by atoms with Crippen LogP contribution >= 0.6 is 0 Å². The van der Waals surface area contributed by atoms with Gasteiger partial charge in [0, 0.05) is 31.3 Å². The highest BCUT2D eigenvalue weighted by molar-refractivity contribution is 6.07. The van der Waals surface area contributed by atoms with Crippen LogP contribution in [0.4, 0.5) is 0 Å². The standard InChI is InChI=1S/C20H21N3O3/c1-12-17(14-5-3-4-6-16(14)25-12)19(24)23-9-7-20(8-10-23)11-15(20)18-22-21-13(2)26-18/h3-6,15H,7-11H2,1-2H3. The fraction of sp³-hybridized carbons (Fsp3) is 0.450. The van der Waals surface area contributed by atoms with E-state index in [1.54, 1.807) is 0 Å². The zero-order valence-electron chi connectivity index (χ0n) is 15.0. The summed E-state index contributed by atoms with van der Waals surface area (Å²) in [5, 5.41) is 9.04. The van der Waals surface area contributed by atoms with E-state index in [2.05, 4.69) is 10.2 Å². The average molecular weight is 351 g/mol. The molecule has 3 aromatic rings. The second-order valence-electron chi connectivity index (χ2n) is 7.60. The lowest BCUT2D eigenvalue weighted by Gasteiger charge is -2.32. The number of para-hydroxylation sites is 1. The summed E-state index contributed by atoms with van der Waals surface area (Å²) in [6, 6.07) is 7.74. The first-order chi connectivity index (χ1) is 12.6. The number of benzene rings is 1. The first-order valence-electron chi connectivity index (χ1n) is 9.15. The monoisotopic (exact) mass is 351 g/mol. The van der Waals surface area contributed by atoms with Gasteiger partial charge in [-0.15, -0.1) is 10.2 Å². The average Bonchev–Trinajstić information content (AvgIpc) is 2.98. The molecule has 2 fully saturated rings. The van der Waals surface area contributed by atoms with E-state index in [1.807, 2.05) is 43.0 Å². The molecule has 1 saturated heterocycles. The molecule has 1 atom stereocenters. The molecule has 1 aromatic carbocycles. The number of piperidine rings is 1. The summed E-state index contributed by atoms with van der Waals surface area (Å²) in [4.78, 5) is 15.1. The van der Waals surface area contributed by atoms with E-state index in [0.717, 1.165) is 49.2 Å². The molecule has 1 aliphatic heterocycles. The van der Waals surface area contributed by atoms with Crippen molar-refractivity contribution in [2.75, 3.05) is 13.1 Å². The first kappa shape index (κ1) is 15.6. The summed E-state index contributed by atoms with van der Waals surface area (Å²) < 4.78 is 11.4. The Morgan fingerprint density at radius 3 is 2.65 bits per heavy atom. The van der Waals surface area contributed by atoms with Crippen molar-refractivity contribution in [3.63, 3.8) is 0 Å². The Labute approximate surface area is 151 Å². The molecule has 6 heteroatoms. The number of amides is 1. The number of furan rings is 1. The quantitative estimate of drug-likeness (QED) is 0.701. The van der Waals surface area contributed by atoms with Crippen LogP contribution < -0.4 is 0 Å². The number of aromatic nitrogens is 2. The number of likely N-dealkylation sites (tertiary alicyclic amines) is 1. The van der Waals surface area contributed by atoms with Crippen molar-refractivity contribution in [1.82, 2.24) is 15.1 Å². The third kappa shape index (κ3) is 2.28. The van der Waals surface area contributed by atoms with Crippen LogP contribution in [0.1, 0.15) is 53.1 Å². The van der Waals surface area contributed by atoms with Gasteiger partial charge in [-0.25, -0.2) is 0 Å². The van der Waals surface area contributed by atoms with E-state index in [4.69, 9.17) is 8.83 Å². The summed E-state index contributed by atoms with van der Waals surface area (Å²) in [6.45, 7) is 5.22. The number of nitrogens with zero attached hydrogens (tertiary/aromatic N) is 3. The van der Waals surface area contributed by atoms with Crippen LogP contribution in [0, 0.1) is 19.3 Å². The summed E-state index contributed by atoms with van der Waals surface area (Å²) in [5.41, 5.74) is 1.72.